The second-order valence-electron chi connectivity index (χ2n) is 5.35. The summed E-state index contributed by atoms with van der Waals surface area (Å²) in [5, 5.41) is 0.578. The van der Waals surface area contributed by atoms with Crippen molar-refractivity contribution in [3.8, 4) is 11.5 Å². The molecule has 2 aromatic carbocycles. The van der Waals surface area contributed by atoms with E-state index in [1.54, 1.807) is 48.5 Å². The van der Waals surface area contributed by atoms with Crippen molar-refractivity contribution in [2.45, 2.75) is 6.92 Å². The normalized spacial score (nSPS) is 14.8. The van der Waals surface area contributed by atoms with Crippen LogP contribution in [0.5, 0.6) is 11.5 Å². The molecule has 7 heteroatoms. The molecule has 0 saturated carbocycles. The molecule has 1 aliphatic heterocycles. The largest absolute Gasteiger partial charge is 0.493 e. The van der Waals surface area contributed by atoms with E-state index >= 15 is 0 Å². The van der Waals surface area contributed by atoms with E-state index < -0.39 is 11.9 Å². The zero-order chi connectivity index (χ0) is 18.7. The Labute approximate surface area is 154 Å². The van der Waals surface area contributed by atoms with Gasteiger partial charge in [0.25, 0.3) is 0 Å². The molecule has 0 N–H and O–H groups in total. The number of cyclic esters (lactones) is 1. The number of rotatable bonds is 4. The molecule has 0 aromatic heterocycles. The topological polar surface area (TPSA) is 74.2 Å². The minimum atomic E-state index is -0.557. The first-order valence-electron chi connectivity index (χ1n) is 7.61. The molecule has 0 saturated heterocycles. The number of hydrogen-bond donors (Lipinski definition) is 0. The summed E-state index contributed by atoms with van der Waals surface area (Å²) in [5.74, 6) is -0.144. The summed E-state index contributed by atoms with van der Waals surface area (Å²) in [7, 11) is 1.46. The number of aliphatic imine (C=N–C) groups is 1. The molecule has 132 valence electrons. The average Bonchev–Trinajstić information content (AvgIpc) is 2.97. The van der Waals surface area contributed by atoms with Crippen molar-refractivity contribution < 1.29 is 23.8 Å². The molecule has 0 unspecified atom stereocenters. The van der Waals surface area contributed by atoms with Gasteiger partial charge in [0, 0.05) is 17.5 Å². The highest BCUT2D eigenvalue weighted by Crippen LogP contribution is 2.30. The van der Waals surface area contributed by atoms with Gasteiger partial charge in [0.05, 0.1) is 7.11 Å². The van der Waals surface area contributed by atoms with Gasteiger partial charge in [-0.05, 0) is 48.0 Å². The molecule has 0 bridgehead atoms. The first kappa shape index (κ1) is 17.7. The van der Waals surface area contributed by atoms with E-state index in [4.69, 9.17) is 25.8 Å². The molecule has 1 heterocycles. The number of benzene rings is 2. The second-order valence-corrected chi connectivity index (χ2v) is 5.78. The zero-order valence-corrected chi connectivity index (χ0v) is 14.7. The third kappa shape index (κ3) is 3.92. The molecule has 0 amide bonds. The van der Waals surface area contributed by atoms with Crippen molar-refractivity contribution in [2.24, 2.45) is 4.99 Å². The number of halogens is 1. The van der Waals surface area contributed by atoms with Crippen LogP contribution in [0.3, 0.4) is 0 Å². The average molecular weight is 372 g/mol. The van der Waals surface area contributed by atoms with Crippen LogP contribution >= 0.6 is 11.6 Å². The molecule has 0 radical (unpaired) electrons. The fourth-order valence-corrected chi connectivity index (χ4v) is 2.42. The third-order valence-electron chi connectivity index (χ3n) is 3.46. The van der Waals surface area contributed by atoms with Crippen LogP contribution in [0.2, 0.25) is 5.02 Å². The fraction of sp³-hybridized carbons (Fsp3) is 0.105. The number of methoxy groups -OCH3 is 1. The lowest BCUT2D eigenvalue weighted by molar-refractivity contribution is -0.132. The third-order valence-corrected chi connectivity index (χ3v) is 3.71. The predicted molar refractivity (Wildman–Crippen MR) is 96.4 cm³/mol. The standard InChI is InChI=1S/C19H14ClNO5/c1-11(22)25-16-8-3-12(10-17(16)24-2)9-15-19(23)26-18(21-15)13-4-6-14(20)7-5-13/h3-10H,1-2H3/b15-9+. The maximum atomic E-state index is 12.1. The van der Waals surface area contributed by atoms with Crippen LogP contribution in [0, 0.1) is 0 Å². The SMILES string of the molecule is COc1cc(/C=C2/N=C(c3ccc(Cl)cc3)OC2=O)ccc1OC(C)=O. The van der Waals surface area contributed by atoms with Gasteiger partial charge in [-0.2, -0.15) is 0 Å². The van der Waals surface area contributed by atoms with Crippen LogP contribution in [0.4, 0.5) is 0 Å². The maximum absolute atomic E-state index is 12.1. The van der Waals surface area contributed by atoms with Crippen LogP contribution < -0.4 is 9.47 Å². The molecule has 6 nitrogen and oxygen atoms in total. The van der Waals surface area contributed by atoms with E-state index in [9.17, 15) is 9.59 Å². The Kier molecular flexibility index (Phi) is 5.04. The van der Waals surface area contributed by atoms with Gasteiger partial charge >= 0.3 is 11.9 Å². The quantitative estimate of drug-likeness (QED) is 0.466. The maximum Gasteiger partial charge on any atom is 0.363 e. The van der Waals surface area contributed by atoms with E-state index in [0.29, 0.717) is 27.6 Å². The van der Waals surface area contributed by atoms with E-state index in [2.05, 4.69) is 4.99 Å². The lowest BCUT2D eigenvalue weighted by atomic mass is 10.1. The van der Waals surface area contributed by atoms with Crippen molar-refractivity contribution in [2.75, 3.05) is 7.11 Å². The van der Waals surface area contributed by atoms with Crippen LogP contribution in [-0.4, -0.2) is 24.9 Å². The lowest BCUT2D eigenvalue weighted by Gasteiger charge is -2.08. The molecule has 1 aliphatic rings. The number of ether oxygens (including phenoxy) is 3. The minimum Gasteiger partial charge on any atom is -0.493 e. The van der Waals surface area contributed by atoms with Gasteiger partial charge in [0.1, 0.15) is 0 Å². The van der Waals surface area contributed by atoms with Gasteiger partial charge in [0.15, 0.2) is 17.2 Å². The van der Waals surface area contributed by atoms with Crippen LogP contribution in [0.25, 0.3) is 6.08 Å². The first-order valence-corrected chi connectivity index (χ1v) is 7.99. The monoisotopic (exact) mass is 371 g/mol. The Morgan fingerprint density at radius 2 is 1.88 bits per heavy atom. The molecule has 0 atom stereocenters. The van der Waals surface area contributed by atoms with Crippen LogP contribution in [-0.2, 0) is 14.3 Å². The Morgan fingerprint density at radius 3 is 2.54 bits per heavy atom. The van der Waals surface area contributed by atoms with E-state index in [1.165, 1.54) is 14.0 Å². The molecule has 26 heavy (non-hydrogen) atoms. The molecular formula is C19H14ClNO5. The Balaban J connectivity index is 1.90. The summed E-state index contributed by atoms with van der Waals surface area (Å²) in [6.45, 7) is 1.30. The van der Waals surface area contributed by atoms with Gasteiger partial charge in [-0.15, -0.1) is 0 Å². The number of esters is 2. The van der Waals surface area contributed by atoms with E-state index in [-0.39, 0.29) is 11.6 Å². The van der Waals surface area contributed by atoms with Crippen molar-refractivity contribution in [3.63, 3.8) is 0 Å². The predicted octanol–water partition coefficient (Wildman–Crippen LogP) is 3.62. The van der Waals surface area contributed by atoms with Crippen molar-refractivity contribution in [1.29, 1.82) is 0 Å². The van der Waals surface area contributed by atoms with Crippen molar-refractivity contribution in [3.05, 3.63) is 64.3 Å². The highest BCUT2D eigenvalue weighted by molar-refractivity contribution is 6.30. The second kappa shape index (κ2) is 7.41. The van der Waals surface area contributed by atoms with Crippen molar-refractivity contribution in [1.82, 2.24) is 0 Å². The summed E-state index contributed by atoms with van der Waals surface area (Å²) >= 11 is 5.85. The molecule has 0 aliphatic carbocycles. The van der Waals surface area contributed by atoms with Crippen LogP contribution in [0.1, 0.15) is 18.1 Å². The molecule has 0 fully saturated rings. The fourth-order valence-electron chi connectivity index (χ4n) is 2.30. The molecule has 0 spiro atoms. The lowest BCUT2D eigenvalue weighted by Crippen LogP contribution is -2.05. The van der Waals surface area contributed by atoms with E-state index in [1.807, 2.05) is 0 Å². The zero-order valence-electron chi connectivity index (χ0n) is 14.0. The highest BCUT2D eigenvalue weighted by Gasteiger charge is 2.24. The summed E-state index contributed by atoms with van der Waals surface area (Å²) < 4.78 is 15.5. The summed E-state index contributed by atoms with van der Waals surface area (Å²) in [6, 6.07) is 11.7. The Morgan fingerprint density at radius 1 is 1.15 bits per heavy atom. The minimum absolute atomic E-state index is 0.150. The first-order chi connectivity index (χ1) is 12.5. The Bertz CT molecular complexity index is 931. The smallest absolute Gasteiger partial charge is 0.363 e. The van der Waals surface area contributed by atoms with Gasteiger partial charge in [0.2, 0.25) is 5.90 Å². The summed E-state index contributed by atoms with van der Waals surface area (Å²) in [6.07, 6.45) is 1.56. The molecule has 3 rings (SSSR count). The number of carbonyl (C=O) groups excluding carboxylic acids is 2. The number of nitrogens with zero attached hydrogens (tertiary/aromatic N) is 1. The highest BCUT2D eigenvalue weighted by atomic mass is 35.5. The van der Waals surface area contributed by atoms with Gasteiger partial charge in [-0.3, -0.25) is 4.79 Å². The molecular weight excluding hydrogens is 358 g/mol. The Hall–Kier alpha value is -3.12. The number of carbonyl (C=O) groups is 2. The number of hydrogen-bond acceptors (Lipinski definition) is 6. The van der Waals surface area contributed by atoms with Gasteiger partial charge in [-0.25, -0.2) is 9.79 Å². The van der Waals surface area contributed by atoms with Gasteiger partial charge in [-0.1, -0.05) is 17.7 Å². The van der Waals surface area contributed by atoms with E-state index in [0.717, 1.165) is 0 Å². The summed E-state index contributed by atoms with van der Waals surface area (Å²) in [5.41, 5.74) is 1.44. The molecule has 2 aromatic rings. The van der Waals surface area contributed by atoms with Crippen LogP contribution in [0.15, 0.2) is 53.2 Å². The van der Waals surface area contributed by atoms with Gasteiger partial charge < -0.3 is 14.2 Å². The van der Waals surface area contributed by atoms with Crippen molar-refractivity contribution >= 4 is 35.5 Å². The summed E-state index contributed by atoms with van der Waals surface area (Å²) in [4.78, 5) is 27.4.